The molecule has 6 nitrogen and oxygen atoms in total. The fourth-order valence-corrected chi connectivity index (χ4v) is 3.75. The minimum absolute atomic E-state index is 0.000609. The molecular formula is C21H23BrFN3O3. The number of benzene rings is 2. The van der Waals surface area contributed by atoms with Crippen molar-refractivity contribution in [2.75, 3.05) is 36.5 Å². The average molecular weight is 464 g/mol. The van der Waals surface area contributed by atoms with E-state index in [0.717, 1.165) is 16.6 Å². The number of hydrogen-bond acceptors (Lipinski definition) is 4. The lowest BCUT2D eigenvalue weighted by Crippen LogP contribution is -2.35. The summed E-state index contributed by atoms with van der Waals surface area (Å²) >= 11 is 3.32. The zero-order chi connectivity index (χ0) is 20.8. The van der Waals surface area contributed by atoms with Gasteiger partial charge in [0.1, 0.15) is 5.82 Å². The van der Waals surface area contributed by atoms with Gasteiger partial charge in [0.2, 0.25) is 11.8 Å². The van der Waals surface area contributed by atoms with E-state index in [4.69, 9.17) is 0 Å². The Morgan fingerprint density at radius 2 is 2.10 bits per heavy atom. The highest BCUT2D eigenvalue weighted by Gasteiger charge is 2.22. The zero-order valence-electron chi connectivity index (χ0n) is 15.9. The van der Waals surface area contributed by atoms with Crippen molar-refractivity contribution in [1.29, 1.82) is 0 Å². The normalized spacial score (nSPS) is 13.9. The first-order valence-corrected chi connectivity index (χ1v) is 10.2. The van der Waals surface area contributed by atoms with Crippen molar-refractivity contribution in [3.05, 3.63) is 58.3 Å². The van der Waals surface area contributed by atoms with E-state index in [1.165, 1.54) is 6.07 Å². The molecule has 1 aliphatic heterocycles. The predicted octanol–water partition coefficient (Wildman–Crippen LogP) is 3.15. The van der Waals surface area contributed by atoms with Crippen LogP contribution in [0.4, 0.5) is 15.8 Å². The van der Waals surface area contributed by atoms with Crippen molar-refractivity contribution in [1.82, 2.24) is 4.90 Å². The predicted molar refractivity (Wildman–Crippen MR) is 113 cm³/mol. The van der Waals surface area contributed by atoms with Crippen LogP contribution in [0.1, 0.15) is 18.4 Å². The summed E-state index contributed by atoms with van der Waals surface area (Å²) in [6.45, 7) is 0.969. The van der Waals surface area contributed by atoms with Crippen LogP contribution in [0.15, 0.2) is 46.9 Å². The first-order valence-electron chi connectivity index (χ1n) is 9.43. The quantitative estimate of drug-likeness (QED) is 0.630. The summed E-state index contributed by atoms with van der Waals surface area (Å²) in [5.74, 6) is -0.558. The first-order chi connectivity index (χ1) is 14.0. The number of aliphatic hydroxyl groups excluding tert-OH is 1. The highest BCUT2D eigenvalue weighted by Crippen LogP contribution is 2.24. The molecule has 0 aliphatic carbocycles. The number of rotatable bonds is 8. The summed E-state index contributed by atoms with van der Waals surface area (Å²) < 4.78 is 14.8. The summed E-state index contributed by atoms with van der Waals surface area (Å²) in [5.41, 5.74) is 1.79. The highest BCUT2D eigenvalue weighted by atomic mass is 79.9. The summed E-state index contributed by atoms with van der Waals surface area (Å²) in [4.78, 5) is 27.8. The maximum absolute atomic E-state index is 14.0. The van der Waals surface area contributed by atoms with Crippen LogP contribution in [0.25, 0.3) is 0 Å². The monoisotopic (exact) mass is 463 g/mol. The Balaban J connectivity index is 1.64. The minimum Gasteiger partial charge on any atom is -0.395 e. The molecule has 0 radical (unpaired) electrons. The molecule has 1 heterocycles. The van der Waals surface area contributed by atoms with Gasteiger partial charge in [-0.3, -0.25) is 14.5 Å². The van der Waals surface area contributed by atoms with Crippen LogP contribution in [-0.4, -0.2) is 48.1 Å². The van der Waals surface area contributed by atoms with E-state index in [0.29, 0.717) is 24.2 Å². The van der Waals surface area contributed by atoms with Crippen LogP contribution in [0.2, 0.25) is 0 Å². The summed E-state index contributed by atoms with van der Waals surface area (Å²) in [5, 5.41) is 12.1. The number of nitrogens with one attached hydrogen (secondary N) is 1. The molecule has 0 atom stereocenters. The van der Waals surface area contributed by atoms with E-state index in [1.54, 1.807) is 40.1 Å². The molecule has 154 valence electrons. The first kappa shape index (κ1) is 21.4. The molecule has 1 saturated heterocycles. The van der Waals surface area contributed by atoms with Gasteiger partial charge in [-0.05, 0) is 42.8 Å². The lowest BCUT2D eigenvalue weighted by Gasteiger charge is -2.22. The Hall–Kier alpha value is -2.29. The van der Waals surface area contributed by atoms with Gasteiger partial charge in [0, 0.05) is 47.5 Å². The van der Waals surface area contributed by atoms with Crippen LogP contribution in [-0.2, 0) is 16.1 Å². The van der Waals surface area contributed by atoms with Gasteiger partial charge in [0.05, 0.1) is 13.2 Å². The Bertz CT molecular complexity index is 893. The summed E-state index contributed by atoms with van der Waals surface area (Å²) in [6.07, 6.45) is 1.37. The number of nitrogens with zero attached hydrogens (tertiary/aromatic N) is 2. The second-order valence-electron chi connectivity index (χ2n) is 6.92. The van der Waals surface area contributed by atoms with Gasteiger partial charge in [0.15, 0.2) is 0 Å². The third-order valence-corrected chi connectivity index (χ3v) is 5.19. The maximum atomic E-state index is 14.0. The average Bonchev–Trinajstić information content (AvgIpc) is 3.11. The topological polar surface area (TPSA) is 72.9 Å². The van der Waals surface area contributed by atoms with Crippen LogP contribution >= 0.6 is 15.9 Å². The molecule has 0 saturated carbocycles. The lowest BCUT2D eigenvalue weighted by atomic mass is 10.2. The standard InChI is InChI=1S/C21H23BrFN3O3/c22-16-6-7-19(23)15(11-16)13-25(9-10-27)14-20(28)24-17-3-1-4-18(12-17)26-8-2-5-21(26)29/h1,3-4,6-7,11-12,27H,2,5,8-10,13-14H2,(H,24,28). The molecule has 8 heteroatoms. The highest BCUT2D eigenvalue weighted by molar-refractivity contribution is 9.10. The molecule has 29 heavy (non-hydrogen) atoms. The van der Waals surface area contributed by atoms with E-state index in [9.17, 15) is 19.1 Å². The van der Waals surface area contributed by atoms with Crippen LogP contribution in [0, 0.1) is 5.82 Å². The number of hydrogen-bond donors (Lipinski definition) is 2. The van der Waals surface area contributed by atoms with Gasteiger partial charge >= 0.3 is 0 Å². The van der Waals surface area contributed by atoms with Crippen LogP contribution in [0.5, 0.6) is 0 Å². The van der Waals surface area contributed by atoms with E-state index < -0.39 is 0 Å². The molecule has 2 N–H and O–H groups in total. The molecule has 2 aromatic carbocycles. The third kappa shape index (κ3) is 5.85. The summed E-state index contributed by atoms with van der Waals surface area (Å²) in [6, 6.07) is 11.8. The fraction of sp³-hybridized carbons (Fsp3) is 0.333. The third-order valence-electron chi connectivity index (χ3n) is 4.70. The molecule has 0 spiro atoms. The number of anilines is 2. The van der Waals surface area contributed by atoms with Gasteiger partial charge in [-0.25, -0.2) is 4.39 Å². The Labute approximate surface area is 177 Å². The van der Waals surface area contributed by atoms with Crippen LogP contribution in [0.3, 0.4) is 0 Å². The maximum Gasteiger partial charge on any atom is 0.238 e. The number of carbonyl (C=O) groups excluding carboxylic acids is 2. The zero-order valence-corrected chi connectivity index (χ0v) is 17.5. The Morgan fingerprint density at radius 1 is 1.28 bits per heavy atom. The molecule has 0 aromatic heterocycles. The lowest BCUT2D eigenvalue weighted by molar-refractivity contribution is -0.118. The second kappa shape index (κ2) is 9.96. The second-order valence-corrected chi connectivity index (χ2v) is 7.83. The van der Waals surface area contributed by atoms with Crippen molar-refractivity contribution in [3.63, 3.8) is 0 Å². The van der Waals surface area contributed by atoms with Gasteiger partial charge < -0.3 is 15.3 Å². The van der Waals surface area contributed by atoms with E-state index in [2.05, 4.69) is 21.2 Å². The van der Waals surface area contributed by atoms with E-state index in [-0.39, 0.29) is 43.9 Å². The van der Waals surface area contributed by atoms with Crippen LogP contribution < -0.4 is 10.2 Å². The van der Waals surface area contributed by atoms with Gasteiger partial charge in [-0.2, -0.15) is 0 Å². The molecule has 1 aliphatic rings. The van der Waals surface area contributed by atoms with Crippen molar-refractivity contribution in [3.8, 4) is 0 Å². The molecular weight excluding hydrogens is 441 g/mol. The van der Waals surface area contributed by atoms with Gasteiger partial charge in [-0.1, -0.05) is 22.0 Å². The van der Waals surface area contributed by atoms with Gasteiger partial charge in [0.25, 0.3) is 0 Å². The summed E-state index contributed by atoms with van der Waals surface area (Å²) in [7, 11) is 0. The minimum atomic E-state index is -0.362. The Morgan fingerprint density at radius 3 is 2.83 bits per heavy atom. The number of carbonyl (C=O) groups is 2. The molecule has 2 amide bonds. The molecule has 2 aromatic rings. The van der Waals surface area contributed by atoms with E-state index >= 15 is 0 Å². The SMILES string of the molecule is O=C(CN(CCO)Cc1cc(Br)ccc1F)Nc1cccc(N2CCCC2=O)c1. The van der Waals surface area contributed by atoms with Gasteiger partial charge in [-0.15, -0.1) is 0 Å². The Kier molecular flexibility index (Phi) is 7.35. The van der Waals surface area contributed by atoms with Crippen molar-refractivity contribution in [2.45, 2.75) is 19.4 Å². The van der Waals surface area contributed by atoms with Crippen molar-refractivity contribution < 1.29 is 19.1 Å². The molecule has 0 bridgehead atoms. The smallest absolute Gasteiger partial charge is 0.238 e. The number of aliphatic hydroxyl groups is 1. The largest absolute Gasteiger partial charge is 0.395 e. The van der Waals surface area contributed by atoms with Crippen molar-refractivity contribution in [2.24, 2.45) is 0 Å². The van der Waals surface area contributed by atoms with Crippen molar-refractivity contribution >= 4 is 39.1 Å². The number of amides is 2. The molecule has 1 fully saturated rings. The fourth-order valence-electron chi connectivity index (χ4n) is 3.34. The molecule has 3 rings (SSSR count). The number of halogens is 2. The molecule has 0 unspecified atom stereocenters. The van der Waals surface area contributed by atoms with E-state index in [1.807, 2.05) is 6.07 Å².